The smallest absolute Gasteiger partial charge is 0.243 e. The summed E-state index contributed by atoms with van der Waals surface area (Å²) in [7, 11) is -1.91. The second kappa shape index (κ2) is 9.77. The van der Waals surface area contributed by atoms with E-state index in [1.807, 2.05) is 13.8 Å². The molecule has 2 heterocycles. The Hall–Kier alpha value is -2.15. The third kappa shape index (κ3) is 5.50. The van der Waals surface area contributed by atoms with Gasteiger partial charge in [-0.05, 0) is 32.0 Å². The van der Waals surface area contributed by atoms with E-state index in [2.05, 4.69) is 15.5 Å². The molecule has 0 spiro atoms. The van der Waals surface area contributed by atoms with Gasteiger partial charge < -0.3 is 19.4 Å². The third-order valence-electron chi connectivity index (χ3n) is 4.20. The predicted octanol–water partition coefficient (Wildman–Crippen LogP) is 1.35. The minimum atomic E-state index is -3.70. The summed E-state index contributed by atoms with van der Waals surface area (Å²) < 4.78 is 40.0. The Kier molecular flexibility index (Phi) is 7.34. The minimum Gasteiger partial charge on any atom is -0.489 e. The first-order valence-corrected chi connectivity index (χ1v) is 11.8. The molecule has 164 valence electrons. The molecule has 10 nitrogen and oxygen atoms in total. The van der Waals surface area contributed by atoms with Gasteiger partial charge >= 0.3 is 0 Å². The van der Waals surface area contributed by atoms with E-state index in [-0.39, 0.29) is 22.7 Å². The van der Waals surface area contributed by atoms with Crippen LogP contribution in [0.15, 0.2) is 34.6 Å². The van der Waals surface area contributed by atoms with Crippen molar-refractivity contribution in [3.05, 3.63) is 24.5 Å². The van der Waals surface area contributed by atoms with Crippen molar-refractivity contribution in [1.29, 1.82) is 0 Å². The fraction of sp³-hybridized carbons (Fsp3) is 0.500. The Morgan fingerprint density at radius 2 is 2.07 bits per heavy atom. The zero-order valence-corrected chi connectivity index (χ0v) is 18.7. The van der Waals surface area contributed by atoms with Crippen molar-refractivity contribution in [2.45, 2.75) is 30.0 Å². The van der Waals surface area contributed by atoms with Gasteiger partial charge in [-0.15, -0.1) is 10.2 Å². The number of carbonyl (C=O) groups excluding carboxylic acids is 1. The van der Waals surface area contributed by atoms with Crippen molar-refractivity contribution < 1.29 is 22.7 Å². The SMILES string of the molecule is CC(C)Oc1ccc(S(=O)(=O)N2CCOCC2)cc1NC(=O)CSc1nncn1C. The van der Waals surface area contributed by atoms with E-state index in [0.717, 1.165) is 0 Å². The van der Waals surface area contributed by atoms with Crippen LogP contribution in [0.25, 0.3) is 0 Å². The lowest BCUT2D eigenvalue weighted by molar-refractivity contribution is -0.113. The molecular formula is C18H25N5O5S2. The molecule has 12 heteroatoms. The zero-order chi connectivity index (χ0) is 21.7. The highest BCUT2D eigenvalue weighted by atomic mass is 32.2. The van der Waals surface area contributed by atoms with E-state index >= 15 is 0 Å². The Morgan fingerprint density at radius 3 is 2.70 bits per heavy atom. The second-order valence-electron chi connectivity index (χ2n) is 6.90. The van der Waals surface area contributed by atoms with Gasteiger partial charge in [-0.25, -0.2) is 8.42 Å². The number of thioether (sulfide) groups is 1. The monoisotopic (exact) mass is 455 g/mol. The number of amides is 1. The molecule has 0 radical (unpaired) electrons. The van der Waals surface area contributed by atoms with Crippen molar-refractivity contribution in [2.75, 3.05) is 37.4 Å². The largest absolute Gasteiger partial charge is 0.489 e. The molecule has 1 saturated heterocycles. The first-order chi connectivity index (χ1) is 14.3. The number of morpholine rings is 1. The Labute approximate surface area is 180 Å². The average molecular weight is 456 g/mol. The molecule has 1 aliphatic heterocycles. The standard InChI is InChI=1S/C18H25N5O5S2/c1-13(2)28-16-5-4-14(30(25,26)23-6-8-27-9-7-23)10-15(16)20-17(24)11-29-18-21-19-12-22(18)3/h4-5,10,12-13H,6-9,11H2,1-3H3,(H,20,24). The van der Waals surface area contributed by atoms with Crippen molar-refractivity contribution in [1.82, 2.24) is 19.1 Å². The Morgan fingerprint density at radius 1 is 1.33 bits per heavy atom. The van der Waals surface area contributed by atoms with Gasteiger partial charge in [0.05, 0.1) is 35.7 Å². The Bertz CT molecular complexity index is 987. The van der Waals surface area contributed by atoms with Gasteiger partial charge in [0.2, 0.25) is 15.9 Å². The fourth-order valence-corrected chi connectivity index (χ4v) is 4.90. The summed E-state index contributed by atoms with van der Waals surface area (Å²) in [4.78, 5) is 12.6. The molecule has 3 rings (SSSR count). The van der Waals surface area contributed by atoms with Crippen LogP contribution >= 0.6 is 11.8 Å². The first kappa shape index (κ1) is 22.5. The molecule has 1 aliphatic rings. The number of nitrogens with one attached hydrogen (secondary N) is 1. The van der Waals surface area contributed by atoms with Gasteiger partial charge in [0.15, 0.2) is 5.16 Å². The third-order valence-corrected chi connectivity index (χ3v) is 7.13. The van der Waals surface area contributed by atoms with E-state index in [1.54, 1.807) is 24.0 Å². The summed E-state index contributed by atoms with van der Waals surface area (Å²) >= 11 is 1.23. The zero-order valence-electron chi connectivity index (χ0n) is 17.1. The number of hydrogen-bond donors (Lipinski definition) is 1. The molecule has 2 aromatic rings. The maximum atomic E-state index is 13.0. The van der Waals surface area contributed by atoms with E-state index in [4.69, 9.17) is 9.47 Å². The molecule has 1 aromatic carbocycles. The molecule has 1 aromatic heterocycles. The molecule has 0 saturated carbocycles. The number of benzene rings is 1. The van der Waals surface area contributed by atoms with Crippen molar-refractivity contribution >= 4 is 33.4 Å². The highest BCUT2D eigenvalue weighted by Gasteiger charge is 2.27. The topological polar surface area (TPSA) is 116 Å². The van der Waals surface area contributed by atoms with Crippen LogP contribution in [0.4, 0.5) is 5.69 Å². The van der Waals surface area contributed by atoms with Gasteiger partial charge in [-0.3, -0.25) is 4.79 Å². The fourth-order valence-electron chi connectivity index (χ4n) is 2.78. The van der Waals surface area contributed by atoms with E-state index < -0.39 is 10.0 Å². The van der Waals surface area contributed by atoms with Gasteiger partial charge in [-0.2, -0.15) is 4.31 Å². The summed E-state index contributed by atoms with van der Waals surface area (Å²) in [5.74, 6) is 0.189. The molecule has 0 unspecified atom stereocenters. The minimum absolute atomic E-state index is 0.0914. The Balaban J connectivity index is 1.80. The number of rotatable bonds is 8. The number of carbonyl (C=O) groups is 1. The molecule has 1 amide bonds. The van der Waals surface area contributed by atoms with Crippen LogP contribution in [0, 0.1) is 0 Å². The number of aromatic nitrogens is 3. The molecule has 0 aliphatic carbocycles. The number of sulfonamides is 1. The number of anilines is 1. The molecule has 0 atom stereocenters. The maximum absolute atomic E-state index is 13.0. The highest BCUT2D eigenvalue weighted by molar-refractivity contribution is 7.99. The predicted molar refractivity (Wildman–Crippen MR) is 112 cm³/mol. The van der Waals surface area contributed by atoms with Crippen LogP contribution in [0.5, 0.6) is 5.75 Å². The van der Waals surface area contributed by atoms with Gasteiger partial charge in [0, 0.05) is 20.1 Å². The summed E-state index contributed by atoms with van der Waals surface area (Å²) in [6.07, 6.45) is 1.41. The molecule has 0 bridgehead atoms. The van der Waals surface area contributed by atoms with Crippen LogP contribution in [0.2, 0.25) is 0 Å². The molecular weight excluding hydrogens is 430 g/mol. The quantitative estimate of drug-likeness (QED) is 0.593. The molecule has 1 N–H and O–H groups in total. The van der Waals surface area contributed by atoms with Crippen LogP contribution in [-0.2, 0) is 26.6 Å². The van der Waals surface area contributed by atoms with Gasteiger partial charge in [0.1, 0.15) is 12.1 Å². The molecule has 1 fully saturated rings. The lowest BCUT2D eigenvalue weighted by Gasteiger charge is -2.26. The van der Waals surface area contributed by atoms with E-state index in [1.165, 1.54) is 28.2 Å². The first-order valence-electron chi connectivity index (χ1n) is 9.42. The van der Waals surface area contributed by atoms with Gasteiger partial charge in [0.25, 0.3) is 0 Å². The van der Waals surface area contributed by atoms with Crippen LogP contribution in [-0.4, -0.2) is 71.6 Å². The summed E-state index contributed by atoms with van der Waals surface area (Å²) in [6.45, 7) is 5.01. The number of hydrogen-bond acceptors (Lipinski definition) is 8. The summed E-state index contributed by atoms with van der Waals surface area (Å²) in [5, 5.41) is 11.1. The van der Waals surface area contributed by atoms with Crippen LogP contribution in [0.3, 0.4) is 0 Å². The number of nitrogens with zero attached hydrogens (tertiary/aromatic N) is 4. The average Bonchev–Trinajstić information content (AvgIpc) is 3.12. The van der Waals surface area contributed by atoms with Crippen molar-refractivity contribution in [2.24, 2.45) is 7.05 Å². The summed E-state index contributed by atoms with van der Waals surface area (Å²) in [5.41, 5.74) is 0.307. The number of ether oxygens (including phenoxy) is 2. The van der Waals surface area contributed by atoms with Crippen molar-refractivity contribution in [3.63, 3.8) is 0 Å². The normalized spacial score (nSPS) is 15.3. The van der Waals surface area contributed by atoms with Crippen LogP contribution < -0.4 is 10.1 Å². The van der Waals surface area contributed by atoms with Crippen molar-refractivity contribution in [3.8, 4) is 5.75 Å². The maximum Gasteiger partial charge on any atom is 0.243 e. The van der Waals surface area contributed by atoms with Gasteiger partial charge in [-0.1, -0.05) is 11.8 Å². The van der Waals surface area contributed by atoms with Crippen LogP contribution in [0.1, 0.15) is 13.8 Å². The van der Waals surface area contributed by atoms with E-state index in [9.17, 15) is 13.2 Å². The lowest BCUT2D eigenvalue weighted by Crippen LogP contribution is -2.40. The van der Waals surface area contributed by atoms with E-state index in [0.29, 0.717) is 42.9 Å². The second-order valence-corrected chi connectivity index (χ2v) is 9.78. The highest BCUT2D eigenvalue weighted by Crippen LogP contribution is 2.30. The summed E-state index contributed by atoms with van der Waals surface area (Å²) in [6, 6.07) is 4.50. The molecule has 30 heavy (non-hydrogen) atoms. The lowest BCUT2D eigenvalue weighted by atomic mass is 10.3. The number of aryl methyl sites for hydroxylation is 1.